The van der Waals surface area contributed by atoms with Crippen LogP contribution in [-0.4, -0.2) is 46.1 Å². The number of imide groups is 1. The number of carbonyl (C=O) groups is 3. The van der Waals surface area contributed by atoms with E-state index in [4.69, 9.17) is 0 Å². The highest BCUT2D eigenvalue weighted by atomic mass is 16.2. The van der Waals surface area contributed by atoms with Gasteiger partial charge in [0, 0.05) is 17.6 Å². The first-order valence-electron chi connectivity index (χ1n) is 10.4. The second kappa shape index (κ2) is 7.83. The first-order valence-corrected chi connectivity index (χ1v) is 10.4. The number of fused-ring (bicyclic) bond motifs is 1. The van der Waals surface area contributed by atoms with Crippen LogP contribution >= 0.6 is 0 Å². The number of nitrogens with zero attached hydrogens (tertiary/aromatic N) is 2. The van der Waals surface area contributed by atoms with Crippen LogP contribution in [0.4, 0.5) is 4.79 Å². The predicted octanol–water partition coefficient (Wildman–Crippen LogP) is 4.03. The van der Waals surface area contributed by atoms with E-state index in [1.165, 1.54) is 11.3 Å². The Bertz CT molecular complexity index is 712. The molecule has 1 heterocycles. The molecular formula is C22H28N2O3. The second-order valence-electron chi connectivity index (χ2n) is 8.16. The van der Waals surface area contributed by atoms with Gasteiger partial charge in [-0.2, -0.15) is 0 Å². The van der Waals surface area contributed by atoms with Crippen molar-refractivity contribution in [1.29, 1.82) is 0 Å². The minimum atomic E-state index is -0.237. The number of hydrogen-bond donors (Lipinski definition) is 0. The Morgan fingerprint density at radius 1 is 0.889 bits per heavy atom. The molecule has 3 fully saturated rings. The number of Topliss-reactive ketones (excluding diaryl/α,β-unsaturated/α-hetero) is 1. The molecule has 3 amide bonds. The Kier molecular flexibility index (Phi) is 5.28. The third-order valence-electron chi connectivity index (χ3n) is 6.49. The molecule has 144 valence electrons. The maximum atomic E-state index is 13.3. The summed E-state index contributed by atoms with van der Waals surface area (Å²) in [6, 6.07) is 8.79. The Hall–Kier alpha value is -2.17. The molecule has 1 aromatic rings. The fraction of sp³-hybridized carbons (Fsp3) is 0.591. The van der Waals surface area contributed by atoms with Crippen molar-refractivity contribution in [1.82, 2.24) is 9.80 Å². The summed E-state index contributed by atoms with van der Waals surface area (Å²) in [7, 11) is 0. The standard InChI is InChI=1S/C22H28N2O3/c25-20(16-9-3-1-4-10-16)15-23-19-14-8-7-13-18(19)21(26)24(22(23)27)17-11-5-2-6-12-17/h1,3-4,9-10,17-19H,2,5-8,11-15H2. The van der Waals surface area contributed by atoms with E-state index in [-0.39, 0.29) is 42.3 Å². The minimum Gasteiger partial charge on any atom is -0.313 e. The Morgan fingerprint density at radius 2 is 1.56 bits per heavy atom. The molecule has 2 aliphatic carbocycles. The van der Waals surface area contributed by atoms with Gasteiger partial charge in [0.05, 0.1) is 12.5 Å². The third-order valence-corrected chi connectivity index (χ3v) is 6.49. The van der Waals surface area contributed by atoms with Gasteiger partial charge >= 0.3 is 6.03 Å². The molecule has 27 heavy (non-hydrogen) atoms. The Labute approximate surface area is 160 Å². The number of hydrogen-bond acceptors (Lipinski definition) is 3. The maximum absolute atomic E-state index is 13.3. The summed E-state index contributed by atoms with van der Waals surface area (Å²) in [4.78, 5) is 42.5. The highest BCUT2D eigenvalue weighted by molar-refractivity contribution is 6.03. The van der Waals surface area contributed by atoms with E-state index >= 15 is 0 Å². The van der Waals surface area contributed by atoms with Crippen LogP contribution in [0.1, 0.15) is 68.1 Å². The summed E-state index contributed by atoms with van der Waals surface area (Å²) in [6.45, 7) is 0.0700. The summed E-state index contributed by atoms with van der Waals surface area (Å²) in [5.41, 5.74) is 0.624. The van der Waals surface area contributed by atoms with E-state index in [1.807, 2.05) is 18.2 Å². The number of amides is 3. The minimum absolute atomic E-state index is 0.0101. The van der Waals surface area contributed by atoms with Crippen molar-refractivity contribution in [2.75, 3.05) is 6.54 Å². The Morgan fingerprint density at radius 3 is 2.30 bits per heavy atom. The van der Waals surface area contributed by atoms with Gasteiger partial charge in [-0.25, -0.2) is 4.79 Å². The van der Waals surface area contributed by atoms with Crippen LogP contribution in [0.3, 0.4) is 0 Å². The molecule has 1 aliphatic heterocycles. The first-order chi connectivity index (χ1) is 13.2. The van der Waals surface area contributed by atoms with Crippen molar-refractivity contribution in [3.8, 4) is 0 Å². The van der Waals surface area contributed by atoms with Gasteiger partial charge in [-0.1, -0.05) is 62.4 Å². The van der Waals surface area contributed by atoms with Crippen LogP contribution in [0.2, 0.25) is 0 Å². The summed E-state index contributed by atoms with van der Waals surface area (Å²) in [5, 5.41) is 0. The van der Waals surface area contributed by atoms with E-state index < -0.39 is 0 Å². The fourth-order valence-electron chi connectivity index (χ4n) is 5.06. The van der Waals surface area contributed by atoms with E-state index in [2.05, 4.69) is 0 Å². The van der Waals surface area contributed by atoms with Gasteiger partial charge in [-0.15, -0.1) is 0 Å². The van der Waals surface area contributed by atoms with Crippen molar-refractivity contribution in [2.45, 2.75) is 69.9 Å². The van der Waals surface area contributed by atoms with Crippen molar-refractivity contribution in [3.63, 3.8) is 0 Å². The molecule has 2 saturated carbocycles. The molecule has 0 N–H and O–H groups in total. The smallest absolute Gasteiger partial charge is 0.313 e. The molecule has 0 aromatic heterocycles. The summed E-state index contributed by atoms with van der Waals surface area (Å²) < 4.78 is 0. The van der Waals surface area contributed by atoms with E-state index in [1.54, 1.807) is 17.0 Å². The van der Waals surface area contributed by atoms with Gasteiger partial charge < -0.3 is 4.90 Å². The lowest BCUT2D eigenvalue weighted by molar-refractivity contribution is -0.143. The molecule has 0 radical (unpaired) electrons. The van der Waals surface area contributed by atoms with Crippen LogP contribution in [0.5, 0.6) is 0 Å². The highest BCUT2D eigenvalue weighted by Crippen LogP contribution is 2.37. The lowest BCUT2D eigenvalue weighted by Gasteiger charge is -2.49. The molecule has 0 bridgehead atoms. The maximum Gasteiger partial charge on any atom is 0.327 e. The molecule has 2 atom stereocenters. The monoisotopic (exact) mass is 368 g/mol. The fourth-order valence-corrected chi connectivity index (χ4v) is 5.06. The number of ketones is 1. The largest absolute Gasteiger partial charge is 0.327 e. The molecule has 5 heteroatoms. The average molecular weight is 368 g/mol. The van der Waals surface area contributed by atoms with Gasteiger partial charge in [0.25, 0.3) is 0 Å². The number of urea groups is 1. The van der Waals surface area contributed by atoms with Crippen molar-refractivity contribution in [3.05, 3.63) is 35.9 Å². The molecule has 2 unspecified atom stereocenters. The average Bonchev–Trinajstić information content (AvgIpc) is 2.72. The Balaban J connectivity index is 1.60. The van der Waals surface area contributed by atoms with Crippen LogP contribution in [0.15, 0.2) is 30.3 Å². The van der Waals surface area contributed by atoms with Gasteiger partial charge in [-0.3, -0.25) is 14.5 Å². The molecule has 5 nitrogen and oxygen atoms in total. The molecular weight excluding hydrogens is 340 g/mol. The zero-order valence-electron chi connectivity index (χ0n) is 15.8. The molecule has 1 saturated heterocycles. The van der Waals surface area contributed by atoms with Crippen LogP contribution < -0.4 is 0 Å². The molecule has 1 aromatic carbocycles. The van der Waals surface area contributed by atoms with Crippen LogP contribution in [0, 0.1) is 5.92 Å². The lowest BCUT2D eigenvalue weighted by atomic mass is 9.80. The molecule has 0 spiro atoms. The zero-order valence-corrected chi connectivity index (χ0v) is 15.8. The van der Waals surface area contributed by atoms with Gasteiger partial charge in [0.15, 0.2) is 5.78 Å². The lowest BCUT2D eigenvalue weighted by Crippen LogP contribution is -2.65. The molecule has 4 rings (SSSR count). The van der Waals surface area contributed by atoms with E-state index in [0.717, 1.165) is 51.4 Å². The van der Waals surface area contributed by atoms with Crippen molar-refractivity contribution >= 4 is 17.7 Å². The van der Waals surface area contributed by atoms with Crippen LogP contribution in [-0.2, 0) is 4.79 Å². The van der Waals surface area contributed by atoms with E-state index in [0.29, 0.717) is 5.56 Å². The van der Waals surface area contributed by atoms with Gasteiger partial charge in [-0.05, 0) is 25.7 Å². The molecule has 3 aliphatic rings. The number of benzene rings is 1. The summed E-state index contributed by atoms with van der Waals surface area (Å²) in [5.74, 6) is -0.173. The van der Waals surface area contributed by atoms with Gasteiger partial charge in [0.1, 0.15) is 0 Å². The zero-order chi connectivity index (χ0) is 18.8. The highest BCUT2D eigenvalue weighted by Gasteiger charge is 2.49. The van der Waals surface area contributed by atoms with Crippen molar-refractivity contribution < 1.29 is 14.4 Å². The second-order valence-corrected chi connectivity index (χ2v) is 8.16. The SMILES string of the molecule is O=C(CN1C(=O)N(C2CCCCC2)C(=O)C2CCCCC21)c1ccccc1. The third kappa shape index (κ3) is 3.52. The summed E-state index contributed by atoms with van der Waals surface area (Å²) in [6.07, 6.45) is 8.80. The quantitative estimate of drug-likeness (QED) is 0.754. The van der Waals surface area contributed by atoms with Crippen molar-refractivity contribution in [2.24, 2.45) is 5.92 Å². The normalized spacial score (nSPS) is 26.8. The first kappa shape index (κ1) is 18.2. The van der Waals surface area contributed by atoms with Gasteiger partial charge in [0.2, 0.25) is 5.91 Å². The topological polar surface area (TPSA) is 57.7 Å². The van der Waals surface area contributed by atoms with E-state index in [9.17, 15) is 14.4 Å². The predicted molar refractivity (Wildman–Crippen MR) is 102 cm³/mol. The van der Waals surface area contributed by atoms with Crippen LogP contribution in [0.25, 0.3) is 0 Å². The number of carbonyl (C=O) groups excluding carboxylic acids is 3. The summed E-state index contributed by atoms with van der Waals surface area (Å²) >= 11 is 0. The number of rotatable bonds is 4.